The fourth-order valence-electron chi connectivity index (χ4n) is 2.49. The molecule has 0 aromatic heterocycles. The first-order valence-corrected chi connectivity index (χ1v) is 8.39. The van der Waals surface area contributed by atoms with Gasteiger partial charge in [-0.25, -0.2) is 0 Å². The van der Waals surface area contributed by atoms with Gasteiger partial charge in [-0.3, -0.25) is 0 Å². The van der Waals surface area contributed by atoms with Crippen LogP contribution in [0.15, 0.2) is 54.6 Å². The minimum atomic E-state index is 0.649. The van der Waals surface area contributed by atoms with Crippen LogP contribution in [0.5, 0.6) is 5.75 Å². The van der Waals surface area contributed by atoms with Crippen molar-refractivity contribution in [3.05, 3.63) is 65.7 Å². The Morgan fingerprint density at radius 2 is 1.83 bits per heavy atom. The van der Waals surface area contributed by atoms with Crippen molar-refractivity contribution in [3.8, 4) is 11.8 Å². The molecule has 24 heavy (non-hydrogen) atoms. The molecule has 0 fully saturated rings. The summed E-state index contributed by atoms with van der Waals surface area (Å²) in [7, 11) is 0. The second kappa shape index (κ2) is 9.54. The lowest BCUT2D eigenvalue weighted by Crippen LogP contribution is -2.27. The van der Waals surface area contributed by atoms with E-state index in [0.717, 1.165) is 36.5 Å². The van der Waals surface area contributed by atoms with Gasteiger partial charge in [-0.2, -0.15) is 5.26 Å². The Kier molecular flexibility index (Phi) is 7.07. The average Bonchev–Trinajstić information content (AvgIpc) is 2.64. The molecule has 0 heterocycles. The SMILES string of the molecule is CCN(CC)CCOc1cccc(C=C(C#N)c2ccccc2)c1. The molecule has 124 valence electrons. The molecular weight excluding hydrogens is 296 g/mol. The lowest BCUT2D eigenvalue weighted by Gasteiger charge is -2.18. The fraction of sp³-hybridized carbons (Fsp3) is 0.286. The van der Waals surface area contributed by atoms with E-state index in [9.17, 15) is 5.26 Å². The van der Waals surface area contributed by atoms with Crippen molar-refractivity contribution in [1.82, 2.24) is 4.90 Å². The molecule has 0 radical (unpaired) electrons. The highest BCUT2D eigenvalue weighted by Gasteiger charge is 2.02. The minimum absolute atomic E-state index is 0.649. The molecular formula is C21H24N2O. The molecule has 0 N–H and O–H groups in total. The number of allylic oxidation sites excluding steroid dienone is 1. The van der Waals surface area contributed by atoms with Gasteiger partial charge in [0.2, 0.25) is 0 Å². The van der Waals surface area contributed by atoms with Gasteiger partial charge < -0.3 is 9.64 Å². The van der Waals surface area contributed by atoms with Gasteiger partial charge in [0.15, 0.2) is 0 Å². The third kappa shape index (κ3) is 5.26. The van der Waals surface area contributed by atoms with Crippen LogP contribution in [-0.4, -0.2) is 31.1 Å². The number of hydrogen-bond donors (Lipinski definition) is 0. The molecule has 0 aliphatic rings. The smallest absolute Gasteiger partial charge is 0.119 e. The molecule has 2 rings (SSSR count). The predicted molar refractivity (Wildman–Crippen MR) is 99.7 cm³/mol. The van der Waals surface area contributed by atoms with Crippen LogP contribution in [0, 0.1) is 11.3 Å². The number of benzene rings is 2. The van der Waals surface area contributed by atoms with Gasteiger partial charge in [0.25, 0.3) is 0 Å². The van der Waals surface area contributed by atoms with Gasteiger partial charge in [-0.1, -0.05) is 56.3 Å². The molecule has 3 heteroatoms. The third-order valence-electron chi connectivity index (χ3n) is 3.95. The van der Waals surface area contributed by atoms with Crippen molar-refractivity contribution < 1.29 is 4.74 Å². The van der Waals surface area contributed by atoms with E-state index in [1.807, 2.05) is 60.7 Å². The predicted octanol–water partition coefficient (Wildman–Crippen LogP) is 4.47. The molecule has 0 bridgehead atoms. The minimum Gasteiger partial charge on any atom is -0.492 e. The zero-order valence-electron chi connectivity index (χ0n) is 14.4. The quantitative estimate of drug-likeness (QED) is 0.532. The van der Waals surface area contributed by atoms with E-state index in [-0.39, 0.29) is 0 Å². The first-order chi connectivity index (χ1) is 11.8. The Bertz CT molecular complexity index is 697. The maximum Gasteiger partial charge on any atom is 0.119 e. The number of likely N-dealkylation sites (N-methyl/N-ethyl adjacent to an activating group) is 1. The molecule has 0 aliphatic carbocycles. The largest absolute Gasteiger partial charge is 0.492 e. The topological polar surface area (TPSA) is 36.3 Å². The van der Waals surface area contributed by atoms with Gasteiger partial charge in [0, 0.05) is 6.54 Å². The highest BCUT2D eigenvalue weighted by atomic mass is 16.5. The zero-order chi connectivity index (χ0) is 17.2. The summed E-state index contributed by atoms with van der Waals surface area (Å²) in [5, 5.41) is 9.41. The van der Waals surface area contributed by atoms with Crippen LogP contribution in [0.1, 0.15) is 25.0 Å². The van der Waals surface area contributed by atoms with Crippen molar-refractivity contribution >= 4 is 11.6 Å². The summed E-state index contributed by atoms with van der Waals surface area (Å²) in [6.45, 7) is 7.96. The normalized spacial score (nSPS) is 11.3. The first kappa shape index (κ1) is 17.8. The lowest BCUT2D eigenvalue weighted by molar-refractivity contribution is 0.223. The van der Waals surface area contributed by atoms with Gasteiger partial charge in [-0.15, -0.1) is 0 Å². The van der Waals surface area contributed by atoms with Crippen molar-refractivity contribution in [1.29, 1.82) is 5.26 Å². The van der Waals surface area contributed by atoms with Gasteiger partial charge in [0.1, 0.15) is 12.4 Å². The van der Waals surface area contributed by atoms with E-state index in [1.165, 1.54) is 0 Å². The summed E-state index contributed by atoms with van der Waals surface area (Å²) >= 11 is 0. The first-order valence-electron chi connectivity index (χ1n) is 8.39. The fourth-order valence-corrected chi connectivity index (χ4v) is 2.49. The molecule has 3 nitrogen and oxygen atoms in total. The molecule has 2 aromatic rings. The number of hydrogen-bond acceptors (Lipinski definition) is 3. The summed E-state index contributed by atoms with van der Waals surface area (Å²) in [6, 6.07) is 19.9. The second-order valence-electron chi connectivity index (χ2n) is 5.48. The number of nitriles is 1. The molecule has 0 saturated carbocycles. The van der Waals surface area contributed by atoms with Crippen LogP contribution < -0.4 is 4.74 Å². The van der Waals surface area contributed by atoms with Crippen LogP contribution in [0.25, 0.3) is 11.6 Å². The van der Waals surface area contributed by atoms with E-state index in [0.29, 0.717) is 12.2 Å². The number of nitrogens with zero attached hydrogens (tertiary/aromatic N) is 2. The molecule has 0 spiro atoms. The Balaban J connectivity index is 2.07. The maximum atomic E-state index is 9.41. The highest BCUT2D eigenvalue weighted by molar-refractivity contribution is 5.89. The van der Waals surface area contributed by atoms with Crippen molar-refractivity contribution in [2.75, 3.05) is 26.2 Å². The van der Waals surface area contributed by atoms with Gasteiger partial charge in [0.05, 0.1) is 11.6 Å². The van der Waals surface area contributed by atoms with Crippen LogP contribution in [-0.2, 0) is 0 Å². The van der Waals surface area contributed by atoms with Crippen LogP contribution in [0.4, 0.5) is 0 Å². The van der Waals surface area contributed by atoms with Crippen LogP contribution in [0.3, 0.4) is 0 Å². The molecule has 0 aliphatic heterocycles. The summed E-state index contributed by atoms with van der Waals surface area (Å²) in [5.74, 6) is 0.834. The monoisotopic (exact) mass is 320 g/mol. The van der Waals surface area contributed by atoms with Crippen molar-refractivity contribution in [2.24, 2.45) is 0 Å². The van der Waals surface area contributed by atoms with E-state index >= 15 is 0 Å². The Morgan fingerprint density at radius 1 is 1.08 bits per heavy atom. The Hall–Kier alpha value is -2.57. The zero-order valence-corrected chi connectivity index (χ0v) is 14.4. The lowest BCUT2D eigenvalue weighted by atomic mass is 10.0. The Labute approximate surface area is 144 Å². The number of ether oxygens (including phenoxy) is 1. The van der Waals surface area contributed by atoms with E-state index in [1.54, 1.807) is 0 Å². The van der Waals surface area contributed by atoms with Crippen molar-refractivity contribution in [2.45, 2.75) is 13.8 Å². The second-order valence-corrected chi connectivity index (χ2v) is 5.48. The van der Waals surface area contributed by atoms with E-state index < -0.39 is 0 Å². The molecule has 0 saturated heterocycles. The molecule has 0 unspecified atom stereocenters. The van der Waals surface area contributed by atoms with Crippen molar-refractivity contribution in [3.63, 3.8) is 0 Å². The number of rotatable bonds is 8. The standard InChI is InChI=1S/C21H24N2O/c1-3-23(4-2)13-14-24-21-12-8-9-18(16-21)15-20(17-22)19-10-6-5-7-11-19/h5-12,15-16H,3-4,13-14H2,1-2H3. The average molecular weight is 320 g/mol. The third-order valence-corrected chi connectivity index (χ3v) is 3.95. The van der Waals surface area contributed by atoms with Gasteiger partial charge in [-0.05, 0) is 42.4 Å². The van der Waals surface area contributed by atoms with E-state index in [2.05, 4.69) is 24.8 Å². The molecule has 0 amide bonds. The maximum absolute atomic E-state index is 9.41. The Morgan fingerprint density at radius 3 is 2.50 bits per heavy atom. The van der Waals surface area contributed by atoms with Crippen LogP contribution in [0.2, 0.25) is 0 Å². The van der Waals surface area contributed by atoms with Crippen LogP contribution >= 0.6 is 0 Å². The highest BCUT2D eigenvalue weighted by Crippen LogP contribution is 2.20. The molecule has 0 atom stereocenters. The summed E-state index contributed by atoms with van der Waals surface area (Å²) in [6.07, 6.45) is 1.90. The summed E-state index contributed by atoms with van der Waals surface area (Å²) in [4.78, 5) is 2.33. The summed E-state index contributed by atoms with van der Waals surface area (Å²) in [5.41, 5.74) is 2.54. The van der Waals surface area contributed by atoms with E-state index in [4.69, 9.17) is 4.74 Å². The summed E-state index contributed by atoms with van der Waals surface area (Å²) < 4.78 is 5.85. The molecule has 2 aromatic carbocycles. The van der Waals surface area contributed by atoms with Gasteiger partial charge >= 0.3 is 0 Å².